The van der Waals surface area contributed by atoms with E-state index >= 15 is 0 Å². The average Bonchev–Trinajstić information content (AvgIpc) is 2.96. The van der Waals surface area contributed by atoms with Crippen molar-refractivity contribution in [2.24, 2.45) is 0 Å². The molecular formula is C17H16N2O4. The number of benzene rings is 1. The molecule has 1 N–H and O–H groups in total. The molecule has 0 aliphatic heterocycles. The maximum atomic E-state index is 11.3. The summed E-state index contributed by atoms with van der Waals surface area (Å²) in [4.78, 5) is 15.5. The van der Waals surface area contributed by atoms with E-state index < -0.39 is 6.16 Å². The predicted octanol–water partition coefficient (Wildman–Crippen LogP) is 3.03. The molecular weight excluding hydrogens is 296 g/mol. The lowest BCUT2D eigenvalue weighted by Crippen LogP contribution is -2.10. The molecule has 0 bridgehead atoms. The maximum absolute atomic E-state index is 11.3. The molecule has 0 amide bonds. The van der Waals surface area contributed by atoms with Gasteiger partial charge in [-0.05, 0) is 41.8 Å². The number of aliphatic hydroxyl groups excluding tert-OH is 1. The highest BCUT2D eigenvalue weighted by molar-refractivity contribution is 5.66. The Morgan fingerprint density at radius 1 is 1.22 bits per heavy atom. The van der Waals surface area contributed by atoms with E-state index in [2.05, 4.69) is 4.98 Å². The molecule has 6 nitrogen and oxygen atoms in total. The molecule has 0 aliphatic rings. The number of rotatable bonds is 4. The smallest absolute Gasteiger partial charge is 0.434 e. The van der Waals surface area contributed by atoms with Crippen molar-refractivity contribution in [3.8, 4) is 17.0 Å². The minimum Gasteiger partial charge on any atom is -0.434 e. The first-order chi connectivity index (χ1) is 11.2. The van der Waals surface area contributed by atoms with Gasteiger partial charge in [-0.25, -0.2) is 4.79 Å². The Bertz CT molecular complexity index is 841. The Balaban J connectivity index is 1.91. The van der Waals surface area contributed by atoms with Gasteiger partial charge in [-0.15, -0.1) is 0 Å². The lowest BCUT2D eigenvalue weighted by Gasteiger charge is -2.04. The van der Waals surface area contributed by atoms with Crippen LogP contribution in [0.3, 0.4) is 0 Å². The van der Waals surface area contributed by atoms with Crippen molar-refractivity contribution in [3.05, 3.63) is 54.4 Å². The first-order valence-corrected chi connectivity index (χ1v) is 7.23. The molecule has 0 atom stereocenters. The molecule has 118 valence electrons. The number of imidazole rings is 1. The van der Waals surface area contributed by atoms with Crippen LogP contribution in [0.1, 0.15) is 12.5 Å². The Morgan fingerprint density at radius 3 is 2.87 bits per heavy atom. The first kappa shape index (κ1) is 15.1. The van der Waals surface area contributed by atoms with Crippen LogP contribution in [0.4, 0.5) is 4.79 Å². The van der Waals surface area contributed by atoms with Gasteiger partial charge in [0.15, 0.2) is 0 Å². The average molecular weight is 312 g/mol. The van der Waals surface area contributed by atoms with Crippen LogP contribution in [-0.2, 0) is 11.3 Å². The van der Waals surface area contributed by atoms with Crippen molar-refractivity contribution in [3.63, 3.8) is 0 Å². The van der Waals surface area contributed by atoms with Crippen LogP contribution in [0.25, 0.3) is 16.8 Å². The second kappa shape index (κ2) is 6.50. The summed E-state index contributed by atoms with van der Waals surface area (Å²) >= 11 is 0. The number of fused-ring (bicyclic) bond motifs is 1. The third-order valence-corrected chi connectivity index (χ3v) is 3.32. The number of hydrogen-bond acceptors (Lipinski definition) is 5. The van der Waals surface area contributed by atoms with Crippen molar-refractivity contribution < 1.29 is 19.4 Å². The fraction of sp³-hybridized carbons (Fsp3) is 0.176. The highest BCUT2D eigenvalue weighted by Crippen LogP contribution is 2.22. The third kappa shape index (κ3) is 3.32. The van der Waals surface area contributed by atoms with Gasteiger partial charge in [-0.2, -0.15) is 4.98 Å². The van der Waals surface area contributed by atoms with Crippen LogP contribution < -0.4 is 4.74 Å². The molecule has 23 heavy (non-hydrogen) atoms. The zero-order valence-electron chi connectivity index (χ0n) is 12.6. The first-order valence-electron chi connectivity index (χ1n) is 7.23. The van der Waals surface area contributed by atoms with Gasteiger partial charge in [0.05, 0.1) is 19.4 Å². The van der Waals surface area contributed by atoms with E-state index in [9.17, 15) is 9.90 Å². The SMILES string of the molecule is CCOC(=O)Oc1cn2cc(-c3cccc(CO)c3)ccc2n1. The van der Waals surface area contributed by atoms with Crippen LogP contribution >= 0.6 is 0 Å². The molecule has 6 heteroatoms. The van der Waals surface area contributed by atoms with E-state index in [4.69, 9.17) is 9.47 Å². The van der Waals surface area contributed by atoms with Gasteiger partial charge in [-0.1, -0.05) is 18.2 Å². The fourth-order valence-corrected chi connectivity index (χ4v) is 2.27. The van der Waals surface area contributed by atoms with Crippen LogP contribution in [0, 0.1) is 0 Å². The van der Waals surface area contributed by atoms with Gasteiger partial charge in [-0.3, -0.25) is 0 Å². The predicted molar refractivity (Wildman–Crippen MR) is 84.2 cm³/mol. The minimum absolute atomic E-state index is 0.00130. The molecule has 3 aromatic rings. The summed E-state index contributed by atoms with van der Waals surface area (Å²) in [5.74, 6) is 0.185. The zero-order chi connectivity index (χ0) is 16.2. The number of carbonyl (C=O) groups is 1. The summed E-state index contributed by atoms with van der Waals surface area (Å²) in [5.41, 5.74) is 3.46. The van der Waals surface area contributed by atoms with Gasteiger partial charge >= 0.3 is 6.16 Å². The normalized spacial score (nSPS) is 10.7. The van der Waals surface area contributed by atoms with Crippen molar-refractivity contribution >= 4 is 11.8 Å². The number of hydrogen-bond donors (Lipinski definition) is 1. The fourth-order valence-electron chi connectivity index (χ4n) is 2.27. The number of aliphatic hydroxyl groups is 1. The summed E-state index contributed by atoms with van der Waals surface area (Å²) < 4.78 is 11.5. The summed E-state index contributed by atoms with van der Waals surface area (Å²) in [7, 11) is 0. The second-order valence-corrected chi connectivity index (χ2v) is 4.91. The number of carbonyl (C=O) groups excluding carboxylic acids is 1. The van der Waals surface area contributed by atoms with E-state index in [1.54, 1.807) is 17.5 Å². The Morgan fingerprint density at radius 2 is 2.09 bits per heavy atom. The molecule has 1 aromatic carbocycles. The number of nitrogens with zero attached hydrogens (tertiary/aromatic N) is 2. The highest BCUT2D eigenvalue weighted by atomic mass is 16.7. The van der Waals surface area contributed by atoms with Crippen molar-refractivity contribution in [2.75, 3.05) is 6.61 Å². The Labute approximate surface area is 132 Å². The molecule has 2 heterocycles. The van der Waals surface area contributed by atoms with E-state index in [0.717, 1.165) is 16.7 Å². The lowest BCUT2D eigenvalue weighted by atomic mass is 10.1. The summed E-state index contributed by atoms with van der Waals surface area (Å²) in [6.07, 6.45) is 2.73. The van der Waals surface area contributed by atoms with Gasteiger partial charge < -0.3 is 19.0 Å². The van der Waals surface area contributed by atoms with Gasteiger partial charge in [0.25, 0.3) is 0 Å². The van der Waals surface area contributed by atoms with E-state index in [-0.39, 0.29) is 19.1 Å². The standard InChI is InChI=1S/C17H16N2O4/c1-2-22-17(21)23-16-10-19-9-14(6-7-15(19)18-16)13-5-3-4-12(8-13)11-20/h3-10,20H,2,11H2,1H3. The monoisotopic (exact) mass is 312 g/mol. The molecule has 0 saturated carbocycles. The van der Waals surface area contributed by atoms with E-state index in [1.807, 2.05) is 42.6 Å². The van der Waals surface area contributed by atoms with Crippen LogP contribution in [-0.4, -0.2) is 27.3 Å². The van der Waals surface area contributed by atoms with Gasteiger partial charge in [0, 0.05) is 6.20 Å². The molecule has 0 spiro atoms. The maximum Gasteiger partial charge on any atom is 0.515 e. The van der Waals surface area contributed by atoms with Gasteiger partial charge in [0.1, 0.15) is 5.65 Å². The largest absolute Gasteiger partial charge is 0.515 e. The van der Waals surface area contributed by atoms with E-state index in [0.29, 0.717) is 5.65 Å². The minimum atomic E-state index is -0.772. The van der Waals surface area contributed by atoms with Crippen LogP contribution in [0.15, 0.2) is 48.8 Å². The molecule has 0 saturated heterocycles. The molecule has 0 aliphatic carbocycles. The number of pyridine rings is 1. The van der Waals surface area contributed by atoms with Gasteiger partial charge in [0.2, 0.25) is 5.88 Å². The lowest BCUT2D eigenvalue weighted by molar-refractivity contribution is 0.103. The topological polar surface area (TPSA) is 73.1 Å². The third-order valence-electron chi connectivity index (χ3n) is 3.32. The quantitative estimate of drug-likeness (QED) is 0.750. The Kier molecular flexibility index (Phi) is 4.25. The number of aromatic nitrogens is 2. The molecule has 2 aromatic heterocycles. The van der Waals surface area contributed by atoms with Crippen LogP contribution in [0.5, 0.6) is 5.88 Å². The van der Waals surface area contributed by atoms with Crippen LogP contribution in [0.2, 0.25) is 0 Å². The molecule has 3 rings (SSSR count). The van der Waals surface area contributed by atoms with Crippen molar-refractivity contribution in [1.29, 1.82) is 0 Å². The number of ether oxygens (including phenoxy) is 2. The molecule has 0 radical (unpaired) electrons. The summed E-state index contributed by atoms with van der Waals surface area (Å²) in [5, 5.41) is 9.24. The van der Waals surface area contributed by atoms with Crippen molar-refractivity contribution in [2.45, 2.75) is 13.5 Å². The zero-order valence-corrected chi connectivity index (χ0v) is 12.6. The second-order valence-electron chi connectivity index (χ2n) is 4.91. The summed E-state index contributed by atoms with van der Waals surface area (Å²) in [6, 6.07) is 11.4. The van der Waals surface area contributed by atoms with E-state index in [1.165, 1.54) is 0 Å². The van der Waals surface area contributed by atoms with Crippen molar-refractivity contribution in [1.82, 2.24) is 9.38 Å². The Hall–Kier alpha value is -2.86. The summed E-state index contributed by atoms with van der Waals surface area (Å²) in [6.45, 7) is 1.95. The highest BCUT2D eigenvalue weighted by Gasteiger charge is 2.10. The molecule has 0 fully saturated rings. The molecule has 0 unspecified atom stereocenters.